The van der Waals surface area contributed by atoms with Crippen LogP contribution in [-0.2, 0) is 4.84 Å². The summed E-state index contributed by atoms with van der Waals surface area (Å²) in [4.78, 5) is 4.44. The smallest absolute Gasteiger partial charge is 0.128 e. The van der Waals surface area contributed by atoms with Crippen molar-refractivity contribution in [1.29, 1.82) is 0 Å². The lowest BCUT2D eigenvalue weighted by molar-refractivity contribution is 0.271. The molecule has 0 fully saturated rings. The van der Waals surface area contributed by atoms with E-state index in [2.05, 4.69) is 9.99 Å². The van der Waals surface area contributed by atoms with E-state index in [1.165, 1.54) is 18.0 Å². The van der Waals surface area contributed by atoms with Crippen molar-refractivity contribution in [1.82, 2.24) is 0 Å². The number of thioether (sulfide) groups is 1. The third kappa shape index (κ3) is 0.755. The van der Waals surface area contributed by atoms with E-state index in [0.717, 1.165) is 0 Å². The fourth-order valence-electron chi connectivity index (χ4n) is 0.177. The number of oxime groups is 1. The molecule has 0 N–H and O–H groups in total. The second-order valence-corrected chi connectivity index (χ2v) is 1.48. The van der Waals surface area contributed by atoms with Crippen LogP contribution in [0, 0.1) is 0 Å². The Balaban J connectivity index is 2.40. The van der Waals surface area contributed by atoms with Crippen molar-refractivity contribution in [3.63, 3.8) is 0 Å². The Hall–Kier alpha value is -0.440. The van der Waals surface area contributed by atoms with Crippen molar-refractivity contribution in [2.75, 3.05) is 0 Å². The van der Waals surface area contributed by atoms with Crippen LogP contribution in [0.5, 0.6) is 0 Å². The first kappa shape index (κ1) is 3.74. The van der Waals surface area contributed by atoms with Gasteiger partial charge in [0.15, 0.2) is 0 Å². The van der Waals surface area contributed by atoms with Gasteiger partial charge in [-0.1, -0.05) is 16.9 Å². The fourth-order valence-corrected chi connectivity index (χ4v) is 0.460. The van der Waals surface area contributed by atoms with E-state index in [1.54, 1.807) is 5.55 Å². The van der Waals surface area contributed by atoms with Gasteiger partial charge >= 0.3 is 0 Å². The van der Waals surface area contributed by atoms with Gasteiger partial charge in [-0.2, -0.15) is 0 Å². The van der Waals surface area contributed by atoms with Crippen molar-refractivity contribution in [3.05, 3.63) is 11.7 Å². The van der Waals surface area contributed by atoms with E-state index in [4.69, 9.17) is 0 Å². The zero-order valence-corrected chi connectivity index (χ0v) is 3.81. The minimum atomic E-state index is 1.50. The third-order valence-electron chi connectivity index (χ3n) is 0.360. The Kier molecular flexibility index (Phi) is 1.17. The van der Waals surface area contributed by atoms with E-state index in [-0.39, 0.29) is 0 Å². The van der Waals surface area contributed by atoms with E-state index in [0.29, 0.717) is 0 Å². The molecule has 1 aliphatic rings. The number of nitrogens with zero attached hydrogens (tertiary/aromatic N) is 1. The summed E-state index contributed by atoms with van der Waals surface area (Å²) in [7, 11) is 0. The molecular formula is C3H3NOS. The summed E-state index contributed by atoms with van der Waals surface area (Å²) >= 11 is 1.50. The lowest BCUT2D eigenvalue weighted by Crippen LogP contribution is -1.71. The fraction of sp³-hybridized carbons (Fsp3) is 0. The van der Waals surface area contributed by atoms with Crippen LogP contribution < -0.4 is 0 Å². The topological polar surface area (TPSA) is 21.6 Å². The van der Waals surface area contributed by atoms with Crippen molar-refractivity contribution in [2.24, 2.45) is 5.16 Å². The Labute approximate surface area is 39.9 Å². The minimum absolute atomic E-state index is 1.50. The van der Waals surface area contributed by atoms with Crippen LogP contribution in [0.3, 0.4) is 0 Å². The van der Waals surface area contributed by atoms with E-state index in [9.17, 15) is 0 Å². The summed E-state index contributed by atoms with van der Waals surface area (Å²) in [6.45, 7) is 0. The molecule has 6 heavy (non-hydrogen) atoms. The van der Waals surface area contributed by atoms with Gasteiger partial charge in [0.1, 0.15) is 11.8 Å². The predicted molar refractivity (Wildman–Crippen MR) is 26.3 cm³/mol. The van der Waals surface area contributed by atoms with E-state index >= 15 is 0 Å². The van der Waals surface area contributed by atoms with Crippen molar-refractivity contribution < 1.29 is 4.84 Å². The number of hydrogen-bond acceptors (Lipinski definition) is 3. The Morgan fingerprint density at radius 1 is 1.67 bits per heavy atom. The van der Waals surface area contributed by atoms with Gasteiger partial charge in [0.25, 0.3) is 0 Å². The molecule has 0 saturated carbocycles. The van der Waals surface area contributed by atoms with Gasteiger partial charge in [-0.05, 0) is 0 Å². The lowest BCUT2D eigenvalue weighted by Gasteiger charge is -1.89. The molecule has 0 aromatic rings. The predicted octanol–water partition coefficient (Wildman–Crippen LogP) is 1.16. The maximum Gasteiger partial charge on any atom is 0.128 e. The highest BCUT2D eigenvalue weighted by Crippen LogP contribution is 2.01. The molecule has 0 aliphatic carbocycles. The van der Waals surface area contributed by atoms with Gasteiger partial charge in [0.05, 0.1) is 0 Å². The molecule has 2 nitrogen and oxygen atoms in total. The zero-order valence-electron chi connectivity index (χ0n) is 3.00. The average molecular weight is 101 g/mol. The number of hydrogen-bond donors (Lipinski definition) is 0. The van der Waals surface area contributed by atoms with E-state index in [1.807, 2.05) is 5.41 Å². The van der Waals surface area contributed by atoms with Gasteiger partial charge in [-0.15, -0.1) is 0 Å². The molecule has 3 heteroatoms. The average Bonchev–Trinajstić information content (AvgIpc) is 1.72. The molecule has 0 saturated heterocycles. The molecule has 0 amide bonds. The van der Waals surface area contributed by atoms with Crippen LogP contribution in [-0.4, -0.2) is 5.55 Å². The third-order valence-corrected chi connectivity index (χ3v) is 0.836. The molecule has 1 heterocycles. The van der Waals surface area contributed by atoms with Crippen LogP contribution in [0.15, 0.2) is 16.8 Å². The molecule has 0 unspecified atom stereocenters. The van der Waals surface area contributed by atoms with Crippen LogP contribution in [0.1, 0.15) is 0 Å². The quantitative estimate of drug-likeness (QED) is 0.456. The monoisotopic (exact) mass is 101 g/mol. The van der Waals surface area contributed by atoms with Crippen LogP contribution >= 0.6 is 11.8 Å². The Morgan fingerprint density at radius 2 is 2.67 bits per heavy atom. The molecule has 0 spiro atoms. The van der Waals surface area contributed by atoms with Gasteiger partial charge in [-0.3, -0.25) is 0 Å². The summed E-state index contributed by atoms with van der Waals surface area (Å²) in [6.07, 6.45) is 1.53. The van der Waals surface area contributed by atoms with E-state index < -0.39 is 0 Å². The van der Waals surface area contributed by atoms with Gasteiger partial charge in [0.2, 0.25) is 0 Å². The van der Waals surface area contributed by atoms with Crippen LogP contribution in [0.2, 0.25) is 0 Å². The first-order valence-electron chi connectivity index (χ1n) is 1.48. The lowest BCUT2D eigenvalue weighted by atomic mass is 11.2. The standard InChI is InChI=1S/C3H3NOS/c1-2-6-3-4-5-1/h1-3H. The number of rotatable bonds is 0. The highest BCUT2D eigenvalue weighted by molar-refractivity contribution is 8.14. The van der Waals surface area contributed by atoms with Crippen LogP contribution in [0.4, 0.5) is 0 Å². The van der Waals surface area contributed by atoms with Crippen molar-refractivity contribution in [2.45, 2.75) is 0 Å². The first-order chi connectivity index (χ1) is 3.00. The van der Waals surface area contributed by atoms with Gasteiger partial charge in [-0.25, -0.2) is 0 Å². The molecule has 0 aromatic carbocycles. The normalized spacial score (nSPS) is 17.3. The Morgan fingerprint density at radius 3 is 2.83 bits per heavy atom. The minimum Gasteiger partial charge on any atom is -0.364 e. The summed E-state index contributed by atoms with van der Waals surface area (Å²) in [6, 6.07) is 0. The SMILES string of the molecule is C1=CSC=NO1. The molecule has 32 valence electrons. The van der Waals surface area contributed by atoms with Crippen molar-refractivity contribution >= 4 is 17.3 Å². The summed E-state index contributed by atoms with van der Waals surface area (Å²) in [5, 5.41) is 5.24. The highest BCUT2D eigenvalue weighted by Gasteiger charge is 1.77. The maximum absolute atomic E-state index is 4.44. The molecule has 0 bridgehead atoms. The second-order valence-electron chi connectivity index (χ2n) is 0.724. The molecule has 1 aliphatic heterocycles. The van der Waals surface area contributed by atoms with Gasteiger partial charge in [0, 0.05) is 5.41 Å². The summed E-state index contributed by atoms with van der Waals surface area (Å²) in [5.74, 6) is 0. The molecule has 0 radical (unpaired) electrons. The second kappa shape index (κ2) is 1.87. The molecule has 0 atom stereocenters. The van der Waals surface area contributed by atoms with Crippen molar-refractivity contribution in [3.8, 4) is 0 Å². The van der Waals surface area contributed by atoms with Gasteiger partial charge < -0.3 is 4.84 Å². The Bertz CT molecular complexity index is 68.8. The first-order valence-corrected chi connectivity index (χ1v) is 2.42. The summed E-state index contributed by atoms with van der Waals surface area (Å²) < 4.78 is 0. The maximum atomic E-state index is 4.44. The molecule has 1 rings (SSSR count). The highest BCUT2D eigenvalue weighted by atomic mass is 32.2. The molecule has 0 aromatic heterocycles. The largest absolute Gasteiger partial charge is 0.364 e. The van der Waals surface area contributed by atoms with Crippen LogP contribution in [0.25, 0.3) is 0 Å². The molecular weight excluding hydrogens is 98.1 g/mol. The summed E-state index contributed by atoms with van der Waals surface area (Å²) in [5.41, 5.74) is 1.62. The zero-order chi connectivity index (χ0) is 4.24.